The van der Waals surface area contributed by atoms with E-state index < -0.39 is 5.82 Å². The van der Waals surface area contributed by atoms with Crippen LogP contribution in [0.5, 0.6) is 11.5 Å². The zero-order valence-electron chi connectivity index (χ0n) is 22.5. The Morgan fingerprint density at radius 1 is 1.24 bits per heavy atom. The molecule has 41 heavy (non-hydrogen) atoms. The second-order valence-corrected chi connectivity index (χ2v) is 10.7. The summed E-state index contributed by atoms with van der Waals surface area (Å²) < 4.78 is 28.2. The topological polar surface area (TPSA) is 132 Å². The summed E-state index contributed by atoms with van der Waals surface area (Å²) in [4.78, 5) is 23.6. The summed E-state index contributed by atoms with van der Waals surface area (Å²) in [5.41, 5.74) is 6.99. The summed E-state index contributed by atoms with van der Waals surface area (Å²) in [5.74, 6) is 0.254. The molecule has 1 amide bonds. The van der Waals surface area contributed by atoms with Crippen molar-refractivity contribution in [3.8, 4) is 28.8 Å². The number of carbonyl (C=O) groups excluding carboxylic acids is 1. The lowest BCUT2D eigenvalue weighted by atomic mass is 9.86. The van der Waals surface area contributed by atoms with Crippen LogP contribution in [-0.4, -0.2) is 56.4 Å². The maximum Gasteiger partial charge on any atom is 0.264 e. The second-order valence-electron chi connectivity index (χ2n) is 10.7. The van der Waals surface area contributed by atoms with E-state index in [-0.39, 0.29) is 34.3 Å². The molecule has 2 fully saturated rings. The number of nitriles is 1. The highest BCUT2D eigenvalue weighted by Crippen LogP contribution is 2.35. The van der Waals surface area contributed by atoms with Gasteiger partial charge in [-0.05, 0) is 37.1 Å². The summed E-state index contributed by atoms with van der Waals surface area (Å²) >= 11 is 0. The molecule has 4 heterocycles. The first-order chi connectivity index (χ1) is 19.8. The van der Waals surface area contributed by atoms with Gasteiger partial charge in [0.15, 0.2) is 5.65 Å². The van der Waals surface area contributed by atoms with Crippen LogP contribution in [0.4, 0.5) is 10.2 Å². The highest BCUT2D eigenvalue weighted by molar-refractivity contribution is 5.99. The van der Waals surface area contributed by atoms with E-state index in [0.29, 0.717) is 54.5 Å². The molecular weight excluding hydrogens is 525 g/mol. The average Bonchev–Trinajstić information content (AvgIpc) is 3.57. The number of benzene rings is 2. The fraction of sp³-hybridized carbons (Fsp3) is 0.300. The second kappa shape index (κ2) is 10.6. The molecule has 208 valence electrons. The molecule has 0 spiro atoms. The van der Waals surface area contributed by atoms with Gasteiger partial charge in [-0.25, -0.2) is 19.0 Å². The molecule has 2 N–H and O–H groups in total. The van der Waals surface area contributed by atoms with E-state index in [2.05, 4.69) is 16.0 Å². The maximum atomic E-state index is 15.5. The number of nitrogens with zero attached hydrogens (tertiary/aromatic N) is 6. The SMILES string of the molecule is CC1(/C=C(\C#N)C(=O)N2CCC[C@@H]2Cn2nc(-c3ccc(Oc4ccccc4)cc3F)c3c(N)ncnc32)COC1. The quantitative estimate of drug-likeness (QED) is 0.262. The molecule has 2 aliphatic heterocycles. The van der Waals surface area contributed by atoms with E-state index in [1.807, 2.05) is 25.1 Å². The lowest BCUT2D eigenvalue weighted by molar-refractivity contribution is -0.128. The number of carbonyl (C=O) groups is 1. The van der Waals surface area contributed by atoms with Gasteiger partial charge >= 0.3 is 0 Å². The predicted molar refractivity (Wildman–Crippen MR) is 149 cm³/mol. The lowest BCUT2D eigenvalue weighted by Crippen LogP contribution is -2.41. The molecule has 0 saturated carbocycles. The maximum absolute atomic E-state index is 15.5. The van der Waals surface area contributed by atoms with Gasteiger partial charge in [0, 0.05) is 23.6 Å². The van der Waals surface area contributed by atoms with Crippen molar-refractivity contribution in [1.82, 2.24) is 24.6 Å². The molecule has 0 aliphatic carbocycles. The minimum atomic E-state index is -0.539. The minimum absolute atomic E-state index is 0.111. The van der Waals surface area contributed by atoms with E-state index in [1.54, 1.807) is 39.9 Å². The van der Waals surface area contributed by atoms with E-state index in [9.17, 15) is 10.1 Å². The van der Waals surface area contributed by atoms with Crippen LogP contribution in [0.2, 0.25) is 0 Å². The number of ether oxygens (including phenoxy) is 2. The molecular formula is C30H28FN7O3. The van der Waals surface area contributed by atoms with Crippen LogP contribution in [0.1, 0.15) is 19.8 Å². The number of para-hydroxylation sites is 1. The van der Waals surface area contributed by atoms with Crippen molar-refractivity contribution in [3.05, 3.63) is 72.3 Å². The number of hydrogen-bond donors (Lipinski definition) is 1. The molecule has 0 unspecified atom stereocenters. The molecule has 0 radical (unpaired) electrons. The Hall–Kier alpha value is -4.82. The number of likely N-dealkylation sites (tertiary alicyclic amines) is 1. The van der Waals surface area contributed by atoms with E-state index in [0.717, 1.165) is 12.8 Å². The Labute approximate surface area is 235 Å². The van der Waals surface area contributed by atoms with E-state index >= 15 is 4.39 Å². The number of amides is 1. The molecule has 2 aromatic carbocycles. The van der Waals surface area contributed by atoms with Gasteiger partial charge in [0.1, 0.15) is 46.8 Å². The molecule has 11 heteroatoms. The van der Waals surface area contributed by atoms with E-state index in [1.165, 1.54) is 12.4 Å². The van der Waals surface area contributed by atoms with Gasteiger partial charge in [0.05, 0.1) is 31.2 Å². The van der Waals surface area contributed by atoms with Crippen LogP contribution in [0.15, 0.2) is 66.5 Å². The Balaban J connectivity index is 1.30. The summed E-state index contributed by atoms with van der Waals surface area (Å²) in [6.07, 6.45) is 4.57. The van der Waals surface area contributed by atoms with Gasteiger partial charge in [0.2, 0.25) is 0 Å². The molecule has 2 aliphatic rings. The Kier molecular flexibility index (Phi) is 6.85. The van der Waals surface area contributed by atoms with Gasteiger partial charge in [0.25, 0.3) is 5.91 Å². The van der Waals surface area contributed by atoms with Gasteiger partial charge in [-0.15, -0.1) is 0 Å². The first kappa shape index (κ1) is 26.4. The summed E-state index contributed by atoms with van der Waals surface area (Å²) in [7, 11) is 0. The van der Waals surface area contributed by atoms with Crippen molar-refractivity contribution in [2.75, 3.05) is 25.5 Å². The first-order valence-electron chi connectivity index (χ1n) is 13.4. The first-order valence-corrected chi connectivity index (χ1v) is 13.4. The fourth-order valence-corrected chi connectivity index (χ4v) is 5.37. The molecule has 1 atom stereocenters. The number of hydrogen-bond acceptors (Lipinski definition) is 8. The van der Waals surface area contributed by atoms with Crippen molar-refractivity contribution in [3.63, 3.8) is 0 Å². The number of anilines is 1. The smallest absolute Gasteiger partial charge is 0.264 e. The van der Waals surface area contributed by atoms with Crippen LogP contribution in [0.3, 0.4) is 0 Å². The minimum Gasteiger partial charge on any atom is -0.457 e. The Bertz CT molecular complexity index is 1690. The largest absolute Gasteiger partial charge is 0.457 e. The Morgan fingerprint density at radius 2 is 2.05 bits per heavy atom. The van der Waals surface area contributed by atoms with Gasteiger partial charge < -0.3 is 20.1 Å². The molecule has 2 saturated heterocycles. The van der Waals surface area contributed by atoms with E-state index in [4.69, 9.17) is 20.3 Å². The van der Waals surface area contributed by atoms with Gasteiger partial charge in [-0.1, -0.05) is 31.2 Å². The zero-order chi connectivity index (χ0) is 28.6. The molecule has 2 aromatic heterocycles. The highest BCUT2D eigenvalue weighted by atomic mass is 19.1. The molecule has 6 rings (SSSR count). The third-order valence-corrected chi connectivity index (χ3v) is 7.46. The lowest BCUT2D eigenvalue weighted by Gasteiger charge is -2.35. The number of halogens is 1. The highest BCUT2D eigenvalue weighted by Gasteiger charge is 2.36. The van der Waals surface area contributed by atoms with Crippen LogP contribution in [-0.2, 0) is 16.1 Å². The molecule has 4 aromatic rings. The third kappa shape index (κ3) is 5.10. The van der Waals surface area contributed by atoms with Gasteiger partial charge in [-0.2, -0.15) is 10.4 Å². The van der Waals surface area contributed by atoms with Crippen LogP contribution in [0, 0.1) is 22.6 Å². The predicted octanol–water partition coefficient (Wildman–Crippen LogP) is 4.48. The number of nitrogens with two attached hydrogens (primary N) is 1. The van der Waals surface area contributed by atoms with Crippen molar-refractivity contribution >= 4 is 22.8 Å². The number of rotatable bonds is 7. The summed E-state index contributed by atoms with van der Waals surface area (Å²) in [6.45, 7) is 3.75. The van der Waals surface area contributed by atoms with Crippen LogP contribution < -0.4 is 10.5 Å². The number of nitrogen functional groups attached to an aromatic ring is 1. The van der Waals surface area contributed by atoms with Crippen molar-refractivity contribution in [2.45, 2.75) is 32.4 Å². The number of fused-ring (bicyclic) bond motifs is 1. The average molecular weight is 554 g/mol. The van der Waals surface area contributed by atoms with Crippen LogP contribution >= 0.6 is 0 Å². The normalized spacial score (nSPS) is 18.2. The standard InChI is InChI=1S/C30H28FN7O3/c1-30(16-40-17-30)13-19(14-32)29(39)37-11-5-6-20(37)15-38-28-25(27(33)34-18-35-28)26(36-38)23-10-9-22(12-24(23)31)41-21-7-3-2-4-8-21/h2-4,7-10,12-13,18,20H,5-6,11,15-17H2,1H3,(H2,33,34,35)/b19-13+/t20-/m1/s1. The summed E-state index contributed by atoms with van der Waals surface area (Å²) in [5, 5.41) is 14.9. The van der Waals surface area contributed by atoms with Crippen LogP contribution in [0.25, 0.3) is 22.3 Å². The molecule has 10 nitrogen and oxygen atoms in total. The van der Waals surface area contributed by atoms with Crippen molar-refractivity contribution in [2.24, 2.45) is 5.41 Å². The van der Waals surface area contributed by atoms with Crippen molar-refractivity contribution < 1.29 is 18.7 Å². The fourth-order valence-electron chi connectivity index (χ4n) is 5.37. The van der Waals surface area contributed by atoms with Crippen molar-refractivity contribution in [1.29, 1.82) is 5.26 Å². The zero-order valence-corrected chi connectivity index (χ0v) is 22.5. The number of aromatic nitrogens is 4. The summed E-state index contributed by atoms with van der Waals surface area (Å²) in [6, 6.07) is 15.5. The molecule has 0 bridgehead atoms. The van der Waals surface area contributed by atoms with Gasteiger partial charge in [-0.3, -0.25) is 4.79 Å². The monoisotopic (exact) mass is 553 g/mol. The third-order valence-electron chi connectivity index (χ3n) is 7.46. The Morgan fingerprint density at radius 3 is 2.76 bits per heavy atom.